The number of hydrogen-bond acceptors (Lipinski definition) is 4. The Hall–Kier alpha value is -4.19. The van der Waals surface area contributed by atoms with Crippen molar-refractivity contribution < 1.29 is 14.3 Å². The zero-order valence-electron chi connectivity index (χ0n) is 17.3. The van der Waals surface area contributed by atoms with Crippen molar-refractivity contribution >= 4 is 23.6 Å². The molecule has 31 heavy (non-hydrogen) atoms. The van der Waals surface area contributed by atoms with Gasteiger partial charge in [-0.1, -0.05) is 60.7 Å². The van der Waals surface area contributed by atoms with Crippen LogP contribution in [0, 0.1) is 0 Å². The summed E-state index contributed by atoms with van der Waals surface area (Å²) >= 11 is 0. The van der Waals surface area contributed by atoms with E-state index in [4.69, 9.17) is 4.74 Å². The second-order valence-electron chi connectivity index (χ2n) is 6.66. The van der Waals surface area contributed by atoms with E-state index in [0.717, 1.165) is 11.1 Å². The highest BCUT2D eigenvalue weighted by molar-refractivity contribution is 6.06. The van der Waals surface area contributed by atoms with E-state index in [1.165, 1.54) is 0 Å². The monoisotopic (exact) mass is 413 g/mol. The highest BCUT2D eigenvalue weighted by atomic mass is 16.5. The Kier molecular flexibility index (Phi) is 7.32. The number of ether oxygens (including phenoxy) is 1. The minimum Gasteiger partial charge on any atom is -0.497 e. The van der Waals surface area contributed by atoms with Gasteiger partial charge in [0.25, 0.3) is 11.8 Å². The van der Waals surface area contributed by atoms with Gasteiger partial charge in [-0.15, -0.1) is 0 Å². The molecule has 156 valence electrons. The van der Waals surface area contributed by atoms with Crippen LogP contribution in [0.15, 0.2) is 95.7 Å². The summed E-state index contributed by atoms with van der Waals surface area (Å²) in [6.07, 6.45) is 1.59. The molecule has 2 amide bonds. The van der Waals surface area contributed by atoms with Crippen molar-refractivity contribution in [1.82, 2.24) is 10.7 Å². The number of carbonyl (C=O) groups excluding carboxylic acids is 2. The smallest absolute Gasteiger partial charge is 0.287 e. The van der Waals surface area contributed by atoms with Crippen LogP contribution in [0.25, 0.3) is 6.08 Å². The van der Waals surface area contributed by atoms with Crippen LogP contribution in [-0.4, -0.2) is 24.6 Å². The van der Waals surface area contributed by atoms with Crippen LogP contribution in [0.4, 0.5) is 0 Å². The predicted molar refractivity (Wildman–Crippen MR) is 122 cm³/mol. The number of hydrogen-bond donors (Lipinski definition) is 2. The Bertz CT molecular complexity index is 1090. The molecule has 2 N–H and O–H groups in total. The number of rotatable bonds is 7. The molecule has 3 aromatic rings. The molecule has 0 aliphatic carbocycles. The van der Waals surface area contributed by atoms with E-state index in [2.05, 4.69) is 15.8 Å². The highest BCUT2D eigenvalue weighted by Gasteiger charge is 2.14. The molecule has 0 aromatic heterocycles. The van der Waals surface area contributed by atoms with Crippen molar-refractivity contribution in [3.8, 4) is 5.75 Å². The molecule has 0 radical (unpaired) electrons. The quantitative estimate of drug-likeness (QED) is 0.349. The average Bonchev–Trinajstić information content (AvgIpc) is 2.83. The van der Waals surface area contributed by atoms with Crippen molar-refractivity contribution in [3.05, 3.63) is 107 Å². The molecule has 0 unspecified atom stereocenters. The molecule has 0 atom stereocenters. The maximum absolute atomic E-state index is 12.8. The van der Waals surface area contributed by atoms with Crippen LogP contribution in [-0.2, 0) is 4.79 Å². The third-order valence-electron chi connectivity index (χ3n) is 4.47. The van der Waals surface area contributed by atoms with Gasteiger partial charge in [-0.05, 0) is 48.4 Å². The Morgan fingerprint density at radius 3 is 2.00 bits per heavy atom. The number of hydrazone groups is 1. The topological polar surface area (TPSA) is 79.8 Å². The van der Waals surface area contributed by atoms with Gasteiger partial charge in [0.15, 0.2) is 0 Å². The van der Waals surface area contributed by atoms with Gasteiger partial charge in [0.2, 0.25) is 0 Å². The van der Waals surface area contributed by atoms with Crippen LogP contribution >= 0.6 is 0 Å². The SMILES string of the molecule is COc1ccc(/C=C(\NC(=O)c2ccccc2)C(=O)N/N=C(/C)c2ccccc2)cc1. The molecule has 0 aliphatic rings. The van der Waals surface area contributed by atoms with Crippen molar-refractivity contribution in [1.29, 1.82) is 0 Å². The lowest BCUT2D eigenvalue weighted by Gasteiger charge is -2.10. The van der Waals surface area contributed by atoms with E-state index in [1.54, 1.807) is 68.6 Å². The molecule has 0 bridgehead atoms. The number of amides is 2. The fourth-order valence-electron chi connectivity index (χ4n) is 2.75. The van der Waals surface area contributed by atoms with Gasteiger partial charge in [0, 0.05) is 5.56 Å². The van der Waals surface area contributed by atoms with E-state index in [-0.39, 0.29) is 11.6 Å². The van der Waals surface area contributed by atoms with Crippen molar-refractivity contribution in [2.75, 3.05) is 7.11 Å². The minimum absolute atomic E-state index is 0.0728. The van der Waals surface area contributed by atoms with Crippen molar-refractivity contribution in [2.24, 2.45) is 5.10 Å². The fraction of sp³-hybridized carbons (Fsp3) is 0.0800. The van der Waals surface area contributed by atoms with Crippen molar-refractivity contribution in [2.45, 2.75) is 6.92 Å². The first-order valence-electron chi connectivity index (χ1n) is 9.69. The van der Waals surface area contributed by atoms with Gasteiger partial charge < -0.3 is 10.1 Å². The number of nitrogens with one attached hydrogen (secondary N) is 2. The summed E-state index contributed by atoms with van der Waals surface area (Å²) in [4.78, 5) is 25.5. The third-order valence-corrected chi connectivity index (χ3v) is 4.47. The molecule has 3 rings (SSSR count). The number of benzene rings is 3. The molecule has 0 fully saturated rings. The van der Waals surface area contributed by atoms with E-state index in [1.807, 2.05) is 36.4 Å². The maximum Gasteiger partial charge on any atom is 0.287 e. The molecule has 6 heteroatoms. The van der Waals surface area contributed by atoms with Gasteiger partial charge in [0.05, 0.1) is 12.8 Å². The summed E-state index contributed by atoms with van der Waals surface area (Å²) in [7, 11) is 1.58. The van der Waals surface area contributed by atoms with E-state index >= 15 is 0 Å². The molecular weight excluding hydrogens is 390 g/mol. The van der Waals surface area contributed by atoms with Crippen LogP contribution in [0.1, 0.15) is 28.4 Å². The molecule has 0 spiro atoms. The molecule has 0 aliphatic heterocycles. The summed E-state index contributed by atoms with van der Waals surface area (Å²) in [5.74, 6) is -0.228. The first-order chi connectivity index (χ1) is 15.1. The molecule has 6 nitrogen and oxygen atoms in total. The van der Waals surface area contributed by atoms with Gasteiger partial charge in [-0.3, -0.25) is 9.59 Å². The van der Waals surface area contributed by atoms with E-state index < -0.39 is 5.91 Å². The minimum atomic E-state index is -0.532. The first kappa shape index (κ1) is 21.5. The number of carbonyl (C=O) groups is 2. The predicted octanol–water partition coefficient (Wildman–Crippen LogP) is 4.01. The first-order valence-corrected chi connectivity index (χ1v) is 9.69. The average molecular weight is 413 g/mol. The number of methoxy groups -OCH3 is 1. The van der Waals surface area contributed by atoms with E-state index in [0.29, 0.717) is 17.0 Å². The second-order valence-corrected chi connectivity index (χ2v) is 6.66. The van der Waals surface area contributed by atoms with Gasteiger partial charge in [-0.25, -0.2) is 5.43 Å². The van der Waals surface area contributed by atoms with Crippen LogP contribution < -0.4 is 15.5 Å². The highest BCUT2D eigenvalue weighted by Crippen LogP contribution is 2.14. The largest absolute Gasteiger partial charge is 0.497 e. The summed E-state index contributed by atoms with van der Waals surface area (Å²) < 4.78 is 5.16. The molecule has 3 aromatic carbocycles. The summed E-state index contributed by atoms with van der Waals surface area (Å²) in [5.41, 5.74) is 5.30. The summed E-state index contributed by atoms with van der Waals surface area (Å²) in [6, 6.07) is 25.3. The maximum atomic E-state index is 12.8. The second kappa shape index (κ2) is 10.5. The Morgan fingerprint density at radius 2 is 1.42 bits per heavy atom. The Labute approximate surface area is 181 Å². The molecule has 0 saturated heterocycles. The fourth-order valence-corrected chi connectivity index (χ4v) is 2.75. The number of nitrogens with zero attached hydrogens (tertiary/aromatic N) is 1. The van der Waals surface area contributed by atoms with Gasteiger partial charge in [-0.2, -0.15) is 5.10 Å². The summed E-state index contributed by atoms with van der Waals surface area (Å²) in [5, 5.41) is 6.85. The molecule has 0 heterocycles. The van der Waals surface area contributed by atoms with Gasteiger partial charge in [0.1, 0.15) is 11.4 Å². The standard InChI is InChI=1S/C25H23N3O3/c1-18(20-9-5-3-6-10-20)27-28-25(30)23(17-19-13-15-22(31-2)16-14-19)26-24(29)21-11-7-4-8-12-21/h3-17H,1-2H3,(H,26,29)(H,28,30)/b23-17-,27-18-. The molecular formula is C25H23N3O3. The van der Waals surface area contributed by atoms with Crippen molar-refractivity contribution in [3.63, 3.8) is 0 Å². The lowest BCUT2D eigenvalue weighted by Crippen LogP contribution is -2.33. The normalized spacial score (nSPS) is 11.5. The zero-order valence-corrected chi connectivity index (χ0v) is 17.3. The van der Waals surface area contributed by atoms with E-state index in [9.17, 15) is 9.59 Å². The third kappa shape index (κ3) is 6.14. The zero-order chi connectivity index (χ0) is 22.1. The summed E-state index contributed by atoms with van der Waals surface area (Å²) in [6.45, 7) is 1.80. The van der Waals surface area contributed by atoms with Crippen LogP contribution in [0.5, 0.6) is 5.75 Å². The van der Waals surface area contributed by atoms with Crippen LogP contribution in [0.2, 0.25) is 0 Å². The lowest BCUT2D eigenvalue weighted by molar-refractivity contribution is -0.117. The Morgan fingerprint density at radius 1 is 0.839 bits per heavy atom. The Balaban J connectivity index is 1.84. The van der Waals surface area contributed by atoms with Crippen LogP contribution in [0.3, 0.4) is 0 Å². The lowest BCUT2D eigenvalue weighted by atomic mass is 10.1. The van der Waals surface area contributed by atoms with Gasteiger partial charge >= 0.3 is 0 Å². The molecule has 0 saturated carbocycles.